The zero-order valence-corrected chi connectivity index (χ0v) is 13.6. The summed E-state index contributed by atoms with van der Waals surface area (Å²) in [5.74, 6) is 0. The van der Waals surface area contributed by atoms with E-state index < -0.39 is 10.0 Å². The van der Waals surface area contributed by atoms with Crippen LogP contribution in [0, 0.1) is 0 Å². The number of rotatable bonds is 3. The van der Waals surface area contributed by atoms with E-state index >= 15 is 0 Å². The summed E-state index contributed by atoms with van der Waals surface area (Å²) in [6.45, 7) is 5.16. The molecule has 0 saturated carbocycles. The van der Waals surface area contributed by atoms with Gasteiger partial charge in [-0.1, -0.05) is 23.8 Å². The number of benzene rings is 1. The van der Waals surface area contributed by atoms with Gasteiger partial charge in [0.15, 0.2) is 0 Å². The fraction of sp³-hybridized carbons (Fsp3) is 0.400. The SMILES string of the molecule is CC(C)=CNC(=O)N1CCN(S(=O)(=O)c2ccccc2)CC1. The molecule has 0 spiro atoms. The van der Waals surface area contributed by atoms with Gasteiger partial charge in [-0.2, -0.15) is 4.31 Å². The van der Waals surface area contributed by atoms with Gasteiger partial charge in [0.1, 0.15) is 0 Å². The molecule has 0 aliphatic carbocycles. The Bertz CT molecular complexity index is 644. The lowest BCUT2D eigenvalue weighted by Crippen LogP contribution is -2.52. The quantitative estimate of drug-likeness (QED) is 0.919. The van der Waals surface area contributed by atoms with Crippen LogP contribution in [-0.2, 0) is 10.0 Å². The highest BCUT2D eigenvalue weighted by atomic mass is 32.2. The molecule has 2 rings (SSSR count). The van der Waals surface area contributed by atoms with Crippen molar-refractivity contribution in [3.05, 3.63) is 42.1 Å². The molecule has 1 fully saturated rings. The number of nitrogens with one attached hydrogen (secondary N) is 1. The molecule has 0 radical (unpaired) electrons. The van der Waals surface area contributed by atoms with Crippen LogP contribution in [0.15, 0.2) is 47.0 Å². The summed E-state index contributed by atoms with van der Waals surface area (Å²) >= 11 is 0. The van der Waals surface area contributed by atoms with Gasteiger partial charge in [0.2, 0.25) is 10.0 Å². The molecule has 120 valence electrons. The van der Waals surface area contributed by atoms with Crippen molar-refractivity contribution >= 4 is 16.1 Å². The Morgan fingerprint density at radius 2 is 1.68 bits per heavy atom. The molecule has 7 heteroatoms. The molecule has 0 bridgehead atoms. The highest BCUT2D eigenvalue weighted by molar-refractivity contribution is 7.89. The minimum Gasteiger partial charge on any atom is -0.322 e. The van der Waals surface area contributed by atoms with Crippen molar-refractivity contribution in [2.24, 2.45) is 0 Å². The number of carbonyl (C=O) groups is 1. The number of hydrogen-bond donors (Lipinski definition) is 1. The van der Waals surface area contributed by atoms with Gasteiger partial charge in [-0.15, -0.1) is 0 Å². The molecule has 1 aromatic rings. The third-order valence-electron chi connectivity index (χ3n) is 3.39. The van der Waals surface area contributed by atoms with Crippen molar-refractivity contribution in [3.63, 3.8) is 0 Å². The van der Waals surface area contributed by atoms with Crippen LogP contribution in [-0.4, -0.2) is 49.8 Å². The first-order valence-corrected chi connectivity index (χ1v) is 8.59. The molecule has 0 atom stereocenters. The first-order valence-electron chi connectivity index (χ1n) is 7.15. The third-order valence-corrected chi connectivity index (χ3v) is 5.30. The Morgan fingerprint density at radius 1 is 1.09 bits per heavy atom. The lowest BCUT2D eigenvalue weighted by molar-refractivity contribution is 0.175. The summed E-state index contributed by atoms with van der Waals surface area (Å²) in [6.07, 6.45) is 1.65. The summed E-state index contributed by atoms with van der Waals surface area (Å²) in [5, 5.41) is 2.69. The number of piperazine rings is 1. The van der Waals surface area contributed by atoms with Gasteiger partial charge in [0.05, 0.1) is 4.90 Å². The zero-order valence-electron chi connectivity index (χ0n) is 12.8. The van der Waals surface area contributed by atoms with E-state index in [0.717, 1.165) is 5.57 Å². The zero-order chi connectivity index (χ0) is 16.2. The maximum Gasteiger partial charge on any atom is 0.321 e. The molecule has 1 heterocycles. The highest BCUT2D eigenvalue weighted by Gasteiger charge is 2.29. The molecule has 1 aliphatic heterocycles. The number of nitrogens with zero attached hydrogens (tertiary/aromatic N) is 2. The number of carbonyl (C=O) groups excluding carboxylic acids is 1. The number of hydrogen-bond acceptors (Lipinski definition) is 3. The van der Waals surface area contributed by atoms with E-state index in [0.29, 0.717) is 26.2 Å². The second-order valence-electron chi connectivity index (χ2n) is 5.38. The molecule has 2 amide bonds. The molecule has 1 saturated heterocycles. The number of amides is 2. The maximum absolute atomic E-state index is 12.5. The molecule has 0 unspecified atom stereocenters. The average Bonchev–Trinajstić information content (AvgIpc) is 2.53. The average molecular weight is 323 g/mol. The first-order chi connectivity index (χ1) is 10.4. The topological polar surface area (TPSA) is 69.7 Å². The fourth-order valence-corrected chi connectivity index (χ4v) is 3.61. The van der Waals surface area contributed by atoms with Gasteiger partial charge in [0, 0.05) is 32.4 Å². The Labute approximate surface area is 131 Å². The Kier molecular flexibility index (Phi) is 5.20. The van der Waals surface area contributed by atoms with Gasteiger partial charge in [0.25, 0.3) is 0 Å². The summed E-state index contributed by atoms with van der Waals surface area (Å²) < 4.78 is 26.4. The maximum atomic E-state index is 12.5. The van der Waals surface area contributed by atoms with Crippen molar-refractivity contribution in [2.45, 2.75) is 18.7 Å². The lowest BCUT2D eigenvalue weighted by atomic mass is 10.4. The van der Waals surface area contributed by atoms with Crippen LogP contribution < -0.4 is 5.32 Å². The van der Waals surface area contributed by atoms with Gasteiger partial charge in [-0.05, 0) is 26.0 Å². The normalized spacial score (nSPS) is 16.2. The molecular weight excluding hydrogens is 302 g/mol. The van der Waals surface area contributed by atoms with Crippen molar-refractivity contribution in [2.75, 3.05) is 26.2 Å². The van der Waals surface area contributed by atoms with Crippen molar-refractivity contribution in [1.29, 1.82) is 0 Å². The molecule has 0 aromatic heterocycles. The minimum atomic E-state index is -3.47. The number of sulfonamides is 1. The molecule has 6 nitrogen and oxygen atoms in total. The van der Waals surface area contributed by atoms with Gasteiger partial charge >= 0.3 is 6.03 Å². The molecule has 1 aliphatic rings. The van der Waals surface area contributed by atoms with E-state index in [4.69, 9.17) is 0 Å². The van der Waals surface area contributed by atoms with E-state index in [2.05, 4.69) is 5.32 Å². The predicted molar refractivity (Wildman–Crippen MR) is 84.7 cm³/mol. The second kappa shape index (κ2) is 6.93. The molecule has 1 aromatic carbocycles. The van der Waals surface area contributed by atoms with Crippen LogP contribution >= 0.6 is 0 Å². The monoisotopic (exact) mass is 323 g/mol. The van der Waals surface area contributed by atoms with Crippen LogP contribution in [0.1, 0.15) is 13.8 Å². The van der Waals surface area contributed by atoms with Crippen LogP contribution in [0.3, 0.4) is 0 Å². The van der Waals surface area contributed by atoms with Gasteiger partial charge in [-0.3, -0.25) is 0 Å². The summed E-state index contributed by atoms with van der Waals surface area (Å²) in [6, 6.07) is 8.17. The van der Waals surface area contributed by atoms with E-state index in [1.54, 1.807) is 41.4 Å². The largest absolute Gasteiger partial charge is 0.322 e. The van der Waals surface area contributed by atoms with Gasteiger partial charge in [-0.25, -0.2) is 13.2 Å². The second-order valence-corrected chi connectivity index (χ2v) is 7.31. The molecule has 22 heavy (non-hydrogen) atoms. The van der Waals surface area contributed by atoms with E-state index in [1.807, 2.05) is 13.8 Å². The van der Waals surface area contributed by atoms with Crippen LogP contribution in [0.4, 0.5) is 4.79 Å². The molecule has 1 N–H and O–H groups in total. The smallest absolute Gasteiger partial charge is 0.321 e. The van der Waals surface area contributed by atoms with Crippen molar-refractivity contribution in [1.82, 2.24) is 14.5 Å². The number of urea groups is 1. The van der Waals surface area contributed by atoms with E-state index in [1.165, 1.54) is 4.31 Å². The summed E-state index contributed by atoms with van der Waals surface area (Å²) in [5.41, 5.74) is 0.999. The van der Waals surface area contributed by atoms with Crippen LogP contribution in [0.2, 0.25) is 0 Å². The summed E-state index contributed by atoms with van der Waals surface area (Å²) in [4.78, 5) is 13.8. The standard InChI is InChI=1S/C15H21N3O3S/c1-13(2)12-16-15(19)17-8-10-18(11-9-17)22(20,21)14-6-4-3-5-7-14/h3-7,12H,8-11H2,1-2H3,(H,16,19). The Balaban J connectivity index is 1.98. The molecular formula is C15H21N3O3S. The number of allylic oxidation sites excluding steroid dienone is 1. The van der Waals surface area contributed by atoms with E-state index in [-0.39, 0.29) is 10.9 Å². The highest BCUT2D eigenvalue weighted by Crippen LogP contribution is 2.17. The van der Waals surface area contributed by atoms with Crippen molar-refractivity contribution < 1.29 is 13.2 Å². The Morgan fingerprint density at radius 3 is 2.23 bits per heavy atom. The summed E-state index contributed by atoms with van der Waals surface area (Å²) in [7, 11) is -3.47. The minimum absolute atomic E-state index is 0.196. The van der Waals surface area contributed by atoms with Crippen molar-refractivity contribution in [3.8, 4) is 0 Å². The van der Waals surface area contributed by atoms with Crippen LogP contribution in [0.5, 0.6) is 0 Å². The first kappa shape index (κ1) is 16.5. The lowest BCUT2D eigenvalue weighted by Gasteiger charge is -2.33. The van der Waals surface area contributed by atoms with E-state index in [9.17, 15) is 13.2 Å². The fourth-order valence-electron chi connectivity index (χ4n) is 2.17. The van der Waals surface area contributed by atoms with Gasteiger partial charge < -0.3 is 10.2 Å². The predicted octanol–water partition coefficient (Wildman–Crippen LogP) is 1.63. The third kappa shape index (κ3) is 3.86. The Hall–Kier alpha value is -1.86. The van der Waals surface area contributed by atoms with Crippen LogP contribution in [0.25, 0.3) is 0 Å².